The maximum absolute atomic E-state index is 5.63. The van der Waals surface area contributed by atoms with E-state index in [0.29, 0.717) is 13.2 Å². The van der Waals surface area contributed by atoms with Crippen molar-refractivity contribution in [3.05, 3.63) is 53.9 Å². The quantitative estimate of drug-likeness (QED) is 0.787. The zero-order chi connectivity index (χ0) is 14.2. The van der Waals surface area contributed by atoms with Crippen LogP contribution in [-0.4, -0.2) is 25.2 Å². The van der Waals surface area contributed by atoms with E-state index in [1.54, 1.807) is 6.20 Å². The van der Waals surface area contributed by atoms with Crippen molar-refractivity contribution in [3.8, 4) is 11.5 Å². The Labute approximate surface area is 119 Å². The van der Waals surface area contributed by atoms with Gasteiger partial charge in [-0.05, 0) is 43.8 Å². The summed E-state index contributed by atoms with van der Waals surface area (Å²) in [5.41, 5.74) is 2.13. The molecule has 0 aliphatic carbocycles. The molecule has 0 fully saturated rings. The molecule has 1 aromatic carbocycles. The van der Waals surface area contributed by atoms with E-state index < -0.39 is 0 Å². The van der Waals surface area contributed by atoms with Gasteiger partial charge in [-0.15, -0.1) is 0 Å². The number of hydrogen-bond acceptors (Lipinski definition) is 4. The van der Waals surface area contributed by atoms with E-state index in [4.69, 9.17) is 9.47 Å². The number of hydrogen-bond donors (Lipinski definition) is 1. The molecule has 106 valence electrons. The predicted molar refractivity (Wildman–Crippen MR) is 79.2 cm³/mol. The molecule has 1 heterocycles. The van der Waals surface area contributed by atoms with Crippen LogP contribution in [0.2, 0.25) is 0 Å². The molecule has 1 N–H and O–H groups in total. The molecule has 0 bridgehead atoms. The van der Waals surface area contributed by atoms with Gasteiger partial charge < -0.3 is 14.8 Å². The summed E-state index contributed by atoms with van der Waals surface area (Å²) in [4.78, 5) is 4.17. The number of ether oxygens (including phenoxy) is 2. The van der Waals surface area contributed by atoms with Gasteiger partial charge in [-0.3, -0.25) is 4.98 Å². The second-order valence-corrected chi connectivity index (χ2v) is 4.46. The Hall–Kier alpha value is -2.07. The molecule has 0 saturated carbocycles. The van der Waals surface area contributed by atoms with Crippen LogP contribution in [0.5, 0.6) is 11.5 Å². The van der Waals surface area contributed by atoms with E-state index >= 15 is 0 Å². The van der Waals surface area contributed by atoms with Crippen LogP contribution >= 0.6 is 0 Å². The molecule has 0 aliphatic heterocycles. The number of benzene rings is 1. The average Bonchev–Trinajstić information content (AvgIpc) is 2.47. The molecule has 0 saturated heterocycles. The fourth-order valence-corrected chi connectivity index (χ4v) is 1.84. The van der Waals surface area contributed by atoms with Crippen molar-refractivity contribution in [1.29, 1.82) is 0 Å². The molecule has 0 aliphatic rings. The lowest BCUT2D eigenvalue weighted by Gasteiger charge is -2.10. The first-order valence-corrected chi connectivity index (χ1v) is 6.70. The number of pyridine rings is 1. The largest absolute Gasteiger partial charge is 0.490 e. The minimum absolute atomic E-state index is 0.505. The van der Waals surface area contributed by atoms with Crippen molar-refractivity contribution < 1.29 is 9.47 Å². The highest BCUT2D eigenvalue weighted by atomic mass is 16.5. The summed E-state index contributed by atoms with van der Waals surface area (Å²) in [6, 6.07) is 11.8. The van der Waals surface area contributed by atoms with Gasteiger partial charge in [0.2, 0.25) is 0 Å². The Kier molecular flexibility index (Phi) is 5.38. The van der Waals surface area contributed by atoms with Crippen molar-refractivity contribution in [2.45, 2.75) is 13.5 Å². The molecule has 0 amide bonds. The predicted octanol–water partition coefficient (Wildman–Crippen LogP) is 2.57. The molecular formula is C16H20N2O2. The molecule has 0 unspecified atom stereocenters. The van der Waals surface area contributed by atoms with Crippen LogP contribution in [0.25, 0.3) is 0 Å². The summed E-state index contributed by atoms with van der Waals surface area (Å²) in [5.74, 6) is 1.66. The van der Waals surface area contributed by atoms with Gasteiger partial charge in [-0.25, -0.2) is 0 Å². The molecule has 0 atom stereocenters. The van der Waals surface area contributed by atoms with Gasteiger partial charge >= 0.3 is 0 Å². The number of nitrogens with zero attached hydrogens (tertiary/aromatic N) is 1. The van der Waals surface area contributed by atoms with Crippen LogP contribution in [0.4, 0.5) is 0 Å². The minimum atomic E-state index is 0.505. The van der Waals surface area contributed by atoms with Gasteiger partial charge in [-0.1, -0.05) is 12.1 Å². The second kappa shape index (κ2) is 7.50. The summed E-state index contributed by atoms with van der Waals surface area (Å²) in [6.07, 6.45) is 1.76. The Morgan fingerprint density at radius 3 is 2.50 bits per heavy atom. The molecular weight excluding hydrogens is 252 g/mol. The normalized spacial score (nSPS) is 10.3. The zero-order valence-corrected chi connectivity index (χ0v) is 11.9. The highest BCUT2D eigenvalue weighted by Crippen LogP contribution is 2.14. The Morgan fingerprint density at radius 2 is 1.80 bits per heavy atom. The SMILES string of the molecule is CNCc1ccc(OCCOc2cccnc2C)cc1. The van der Waals surface area contributed by atoms with Crippen molar-refractivity contribution in [1.82, 2.24) is 10.3 Å². The molecule has 1 aromatic heterocycles. The fraction of sp³-hybridized carbons (Fsp3) is 0.312. The molecule has 20 heavy (non-hydrogen) atoms. The van der Waals surface area contributed by atoms with E-state index in [1.165, 1.54) is 5.56 Å². The van der Waals surface area contributed by atoms with Gasteiger partial charge in [0.25, 0.3) is 0 Å². The van der Waals surface area contributed by atoms with Crippen LogP contribution < -0.4 is 14.8 Å². The third-order valence-corrected chi connectivity index (χ3v) is 2.87. The fourth-order valence-electron chi connectivity index (χ4n) is 1.84. The van der Waals surface area contributed by atoms with Crippen LogP contribution in [0, 0.1) is 6.92 Å². The monoisotopic (exact) mass is 272 g/mol. The maximum atomic E-state index is 5.63. The third kappa shape index (κ3) is 4.24. The van der Waals surface area contributed by atoms with Crippen LogP contribution in [0.3, 0.4) is 0 Å². The number of rotatable bonds is 7. The highest BCUT2D eigenvalue weighted by Gasteiger charge is 1.99. The van der Waals surface area contributed by atoms with Crippen molar-refractivity contribution in [2.24, 2.45) is 0 Å². The van der Waals surface area contributed by atoms with E-state index in [-0.39, 0.29) is 0 Å². The lowest BCUT2D eigenvalue weighted by Crippen LogP contribution is -2.10. The zero-order valence-electron chi connectivity index (χ0n) is 11.9. The summed E-state index contributed by atoms with van der Waals surface area (Å²) in [7, 11) is 1.93. The molecule has 0 spiro atoms. The van der Waals surface area contributed by atoms with Crippen molar-refractivity contribution in [3.63, 3.8) is 0 Å². The lowest BCUT2D eigenvalue weighted by atomic mass is 10.2. The van der Waals surface area contributed by atoms with Gasteiger partial charge in [0.15, 0.2) is 0 Å². The molecule has 4 nitrogen and oxygen atoms in total. The first kappa shape index (κ1) is 14.3. The topological polar surface area (TPSA) is 43.4 Å². The molecule has 2 aromatic rings. The van der Waals surface area contributed by atoms with Gasteiger partial charge in [0.05, 0.1) is 5.69 Å². The third-order valence-electron chi connectivity index (χ3n) is 2.87. The highest BCUT2D eigenvalue weighted by molar-refractivity contribution is 5.27. The summed E-state index contributed by atoms with van der Waals surface area (Å²) >= 11 is 0. The maximum Gasteiger partial charge on any atom is 0.140 e. The first-order valence-electron chi connectivity index (χ1n) is 6.70. The first-order chi connectivity index (χ1) is 9.79. The molecule has 0 radical (unpaired) electrons. The van der Waals surface area contributed by atoms with Crippen LogP contribution in [0.15, 0.2) is 42.6 Å². The molecule has 4 heteroatoms. The summed E-state index contributed by atoms with van der Waals surface area (Å²) in [6.45, 7) is 3.81. The Morgan fingerprint density at radius 1 is 1.05 bits per heavy atom. The Bertz CT molecular complexity index is 526. The molecule has 2 rings (SSSR count). The van der Waals surface area contributed by atoms with E-state index in [1.807, 2.05) is 38.2 Å². The van der Waals surface area contributed by atoms with Crippen LogP contribution in [0.1, 0.15) is 11.3 Å². The standard InChI is InChI=1S/C16H20N2O2/c1-13-16(4-3-9-18-13)20-11-10-19-15-7-5-14(6-8-15)12-17-2/h3-9,17H,10-12H2,1-2H3. The number of nitrogens with one attached hydrogen (secondary N) is 1. The number of aryl methyl sites for hydroxylation is 1. The van der Waals surface area contributed by atoms with E-state index in [2.05, 4.69) is 22.4 Å². The van der Waals surface area contributed by atoms with E-state index in [0.717, 1.165) is 23.7 Å². The minimum Gasteiger partial charge on any atom is -0.490 e. The van der Waals surface area contributed by atoms with Gasteiger partial charge in [-0.2, -0.15) is 0 Å². The smallest absolute Gasteiger partial charge is 0.140 e. The van der Waals surface area contributed by atoms with Crippen LogP contribution in [-0.2, 0) is 6.54 Å². The van der Waals surface area contributed by atoms with Crippen molar-refractivity contribution in [2.75, 3.05) is 20.3 Å². The van der Waals surface area contributed by atoms with Gasteiger partial charge in [0, 0.05) is 12.7 Å². The van der Waals surface area contributed by atoms with Gasteiger partial charge in [0.1, 0.15) is 24.7 Å². The lowest BCUT2D eigenvalue weighted by molar-refractivity contribution is 0.215. The number of aromatic nitrogens is 1. The van der Waals surface area contributed by atoms with E-state index in [9.17, 15) is 0 Å². The summed E-state index contributed by atoms with van der Waals surface area (Å²) < 4.78 is 11.3. The second-order valence-electron chi connectivity index (χ2n) is 4.46. The Balaban J connectivity index is 1.74. The van der Waals surface area contributed by atoms with Crippen molar-refractivity contribution >= 4 is 0 Å². The average molecular weight is 272 g/mol. The summed E-state index contributed by atoms with van der Waals surface area (Å²) in [5, 5.41) is 3.11.